The van der Waals surface area contributed by atoms with Gasteiger partial charge in [0.2, 0.25) is 5.89 Å². The Morgan fingerprint density at radius 1 is 1.52 bits per heavy atom. The van der Waals surface area contributed by atoms with Crippen LogP contribution in [0.15, 0.2) is 28.8 Å². The molecule has 0 aliphatic carbocycles. The molecule has 8 heteroatoms. The Bertz CT molecular complexity index is 698. The number of nitro groups is 1. The number of nitro benzene ring substituents is 1. The molecule has 0 radical (unpaired) electrons. The lowest BCUT2D eigenvalue weighted by Gasteiger charge is -2.11. The minimum atomic E-state index is -0.639. The average Bonchev–Trinajstić information content (AvgIpc) is 2.85. The van der Waals surface area contributed by atoms with Crippen LogP contribution in [0.1, 0.15) is 35.0 Å². The summed E-state index contributed by atoms with van der Waals surface area (Å²) >= 11 is 5.89. The summed E-state index contributed by atoms with van der Waals surface area (Å²) in [6, 6.07) is 3.57. The van der Waals surface area contributed by atoms with Gasteiger partial charge in [-0.15, -0.1) is 0 Å². The number of rotatable bonds is 4. The molecule has 1 heterocycles. The SMILES string of the molecule is Cc1cnc(C(C)NC(=O)c2cccc([N+](=O)[O-])c2Cl)o1. The number of nitrogens with zero attached hydrogens (tertiary/aromatic N) is 2. The number of halogens is 1. The van der Waals surface area contributed by atoms with Crippen LogP contribution in [0.5, 0.6) is 0 Å². The summed E-state index contributed by atoms with van der Waals surface area (Å²) in [5.74, 6) is 0.439. The van der Waals surface area contributed by atoms with Gasteiger partial charge in [-0.05, 0) is 19.9 Å². The van der Waals surface area contributed by atoms with Gasteiger partial charge in [0.05, 0.1) is 16.7 Å². The number of aromatic nitrogens is 1. The predicted octanol–water partition coefficient (Wildman–Crippen LogP) is 3.04. The molecule has 0 saturated carbocycles. The van der Waals surface area contributed by atoms with Crippen molar-refractivity contribution in [3.63, 3.8) is 0 Å². The Morgan fingerprint density at radius 2 is 2.24 bits per heavy atom. The van der Waals surface area contributed by atoms with E-state index in [0.717, 1.165) is 0 Å². The second-order valence-corrected chi connectivity index (χ2v) is 4.78. The van der Waals surface area contributed by atoms with Crippen molar-refractivity contribution < 1.29 is 14.1 Å². The van der Waals surface area contributed by atoms with Gasteiger partial charge in [0.15, 0.2) is 0 Å². The summed E-state index contributed by atoms with van der Waals surface area (Å²) in [5, 5.41) is 13.2. The second-order valence-electron chi connectivity index (χ2n) is 4.40. The lowest BCUT2D eigenvalue weighted by molar-refractivity contribution is -0.384. The van der Waals surface area contributed by atoms with Gasteiger partial charge >= 0.3 is 0 Å². The zero-order valence-electron chi connectivity index (χ0n) is 11.3. The monoisotopic (exact) mass is 309 g/mol. The number of benzene rings is 1. The van der Waals surface area contributed by atoms with E-state index in [9.17, 15) is 14.9 Å². The highest BCUT2D eigenvalue weighted by Gasteiger charge is 2.22. The van der Waals surface area contributed by atoms with E-state index in [2.05, 4.69) is 10.3 Å². The van der Waals surface area contributed by atoms with Gasteiger partial charge in [0, 0.05) is 6.07 Å². The van der Waals surface area contributed by atoms with Crippen molar-refractivity contribution in [2.45, 2.75) is 19.9 Å². The van der Waals surface area contributed by atoms with Crippen molar-refractivity contribution in [1.82, 2.24) is 10.3 Å². The molecule has 1 aromatic heterocycles. The lowest BCUT2D eigenvalue weighted by atomic mass is 10.1. The maximum Gasteiger partial charge on any atom is 0.288 e. The van der Waals surface area contributed by atoms with Gasteiger partial charge in [0.25, 0.3) is 11.6 Å². The van der Waals surface area contributed by atoms with Crippen molar-refractivity contribution in [3.05, 3.63) is 56.7 Å². The van der Waals surface area contributed by atoms with Crippen LogP contribution in [0.25, 0.3) is 0 Å². The number of amides is 1. The number of carbonyl (C=O) groups excluding carboxylic acids is 1. The molecule has 2 aromatic rings. The Labute approximate surface area is 125 Å². The molecule has 0 fully saturated rings. The highest BCUT2D eigenvalue weighted by atomic mass is 35.5. The fourth-order valence-corrected chi connectivity index (χ4v) is 2.03. The molecule has 2 rings (SSSR count). The van der Waals surface area contributed by atoms with Gasteiger partial charge in [-0.1, -0.05) is 17.7 Å². The Balaban J connectivity index is 2.21. The third-order valence-electron chi connectivity index (χ3n) is 2.78. The van der Waals surface area contributed by atoms with Crippen molar-refractivity contribution in [1.29, 1.82) is 0 Å². The molecule has 1 aromatic carbocycles. The molecule has 1 unspecified atom stereocenters. The van der Waals surface area contributed by atoms with Crippen LogP contribution >= 0.6 is 11.6 Å². The van der Waals surface area contributed by atoms with E-state index < -0.39 is 16.9 Å². The minimum Gasteiger partial charge on any atom is -0.444 e. The summed E-state index contributed by atoms with van der Waals surface area (Å²) in [6.45, 7) is 3.43. The first-order valence-corrected chi connectivity index (χ1v) is 6.44. The Kier molecular flexibility index (Phi) is 4.23. The van der Waals surface area contributed by atoms with E-state index in [1.165, 1.54) is 18.2 Å². The van der Waals surface area contributed by atoms with Gasteiger partial charge in [-0.3, -0.25) is 14.9 Å². The molecular formula is C13H12ClN3O4. The predicted molar refractivity (Wildman–Crippen MR) is 75.2 cm³/mol. The molecule has 0 aliphatic heterocycles. The van der Waals surface area contributed by atoms with Crippen LogP contribution in [0.4, 0.5) is 5.69 Å². The molecule has 0 bridgehead atoms. The third-order valence-corrected chi connectivity index (χ3v) is 3.17. The van der Waals surface area contributed by atoms with Gasteiger partial charge in [-0.2, -0.15) is 0 Å². The summed E-state index contributed by atoms with van der Waals surface area (Å²) in [6.07, 6.45) is 1.54. The summed E-state index contributed by atoms with van der Waals surface area (Å²) in [5.41, 5.74) is -0.287. The number of aryl methyl sites for hydroxylation is 1. The first-order chi connectivity index (χ1) is 9.90. The van der Waals surface area contributed by atoms with E-state index in [1.807, 2.05) is 0 Å². The molecule has 0 saturated heterocycles. The van der Waals surface area contributed by atoms with E-state index >= 15 is 0 Å². The van der Waals surface area contributed by atoms with Crippen LogP contribution in [0, 0.1) is 17.0 Å². The van der Waals surface area contributed by atoms with Crippen LogP contribution < -0.4 is 5.32 Å². The largest absolute Gasteiger partial charge is 0.444 e. The molecule has 0 aliphatic rings. The number of nitrogens with one attached hydrogen (secondary N) is 1. The van der Waals surface area contributed by atoms with Crippen LogP contribution in [-0.4, -0.2) is 15.8 Å². The van der Waals surface area contributed by atoms with Crippen molar-refractivity contribution in [3.8, 4) is 0 Å². The normalized spacial score (nSPS) is 12.0. The standard InChI is InChI=1S/C13H12ClN3O4/c1-7-6-15-13(21-7)8(2)16-12(18)9-4-3-5-10(11(9)14)17(19)20/h3-6,8H,1-2H3,(H,16,18). The highest BCUT2D eigenvalue weighted by molar-refractivity contribution is 6.35. The van der Waals surface area contributed by atoms with Gasteiger partial charge in [-0.25, -0.2) is 4.98 Å². The van der Waals surface area contributed by atoms with E-state index in [1.54, 1.807) is 20.0 Å². The minimum absolute atomic E-state index is 0.0287. The van der Waals surface area contributed by atoms with Gasteiger partial charge in [0.1, 0.15) is 16.8 Å². The first-order valence-electron chi connectivity index (χ1n) is 6.06. The van der Waals surface area contributed by atoms with Crippen molar-refractivity contribution in [2.24, 2.45) is 0 Å². The maximum atomic E-state index is 12.1. The maximum absolute atomic E-state index is 12.1. The number of hydrogen-bond acceptors (Lipinski definition) is 5. The molecule has 110 valence electrons. The van der Waals surface area contributed by atoms with Crippen LogP contribution in [0.2, 0.25) is 5.02 Å². The summed E-state index contributed by atoms with van der Waals surface area (Å²) in [7, 11) is 0. The lowest BCUT2D eigenvalue weighted by Crippen LogP contribution is -2.27. The van der Waals surface area contributed by atoms with Crippen molar-refractivity contribution >= 4 is 23.2 Å². The zero-order valence-corrected chi connectivity index (χ0v) is 12.0. The fourth-order valence-electron chi connectivity index (χ4n) is 1.74. The third kappa shape index (κ3) is 3.19. The van der Waals surface area contributed by atoms with Gasteiger partial charge < -0.3 is 9.73 Å². The molecule has 1 amide bonds. The number of hydrogen-bond donors (Lipinski definition) is 1. The molecule has 1 atom stereocenters. The number of carbonyl (C=O) groups is 1. The number of oxazole rings is 1. The van der Waals surface area contributed by atoms with E-state index in [-0.39, 0.29) is 16.3 Å². The van der Waals surface area contributed by atoms with E-state index in [4.69, 9.17) is 16.0 Å². The average molecular weight is 310 g/mol. The van der Waals surface area contributed by atoms with E-state index in [0.29, 0.717) is 11.7 Å². The van der Waals surface area contributed by atoms with Crippen LogP contribution in [-0.2, 0) is 0 Å². The first kappa shape index (κ1) is 15.0. The Hall–Kier alpha value is -2.41. The molecule has 0 spiro atoms. The topological polar surface area (TPSA) is 98.3 Å². The van der Waals surface area contributed by atoms with Crippen LogP contribution in [0.3, 0.4) is 0 Å². The molecule has 21 heavy (non-hydrogen) atoms. The summed E-state index contributed by atoms with van der Waals surface area (Å²) in [4.78, 5) is 26.3. The molecule has 1 N–H and O–H groups in total. The molecular weight excluding hydrogens is 298 g/mol. The quantitative estimate of drug-likeness (QED) is 0.691. The molecule has 7 nitrogen and oxygen atoms in total. The van der Waals surface area contributed by atoms with Crippen molar-refractivity contribution in [2.75, 3.05) is 0 Å². The smallest absolute Gasteiger partial charge is 0.288 e. The second kappa shape index (κ2) is 5.92. The Morgan fingerprint density at radius 3 is 2.81 bits per heavy atom. The highest BCUT2D eigenvalue weighted by Crippen LogP contribution is 2.28. The zero-order chi connectivity index (χ0) is 15.6. The summed E-state index contributed by atoms with van der Waals surface area (Å²) < 4.78 is 5.31. The fraction of sp³-hybridized carbons (Fsp3) is 0.231.